The van der Waals surface area contributed by atoms with Crippen LogP contribution in [0.5, 0.6) is 0 Å². The molecule has 1 aromatic rings. The predicted molar refractivity (Wildman–Crippen MR) is 59.9 cm³/mol. The Kier molecular flexibility index (Phi) is 3.71. The molecule has 5 heteroatoms. The van der Waals surface area contributed by atoms with Crippen LogP contribution in [-0.4, -0.2) is 33.8 Å². The van der Waals surface area contributed by atoms with E-state index in [0.717, 1.165) is 11.4 Å². The Labute approximate surface area is 90.1 Å². The van der Waals surface area contributed by atoms with Crippen molar-refractivity contribution in [2.45, 2.75) is 20.8 Å². The van der Waals surface area contributed by atoms with Gasteiger partial charge in [0.2, 0.25) is 0 Å². The van der Waals surface area contributed by atoms with Crippen molar-refractivity contribution in [1.29, 1.82) is 0 Å². The molecule has 0 spiro atoms. The fourth-order valence-electron chi connectivity index (χ4n) is 1.43. The Bertz CT molecular complexity index is 341. The Morgan fingerprint density at radius 3 is 2.53 bits per heavy atom. The molecule has 0 saturated carbocycles. The third kappa shape index (κ3) is 2.71. The standard InChI is InChI=1S/C10H18N4O/c1-5-14(6-2)10(15)11-9-7-13(4)12-8(9)3/h7H,5-6H2,1-4H3,(H,11,15). The number of amides is 2. The topological polar surface area (TPSA) is 50.2 Å². The zero-order valence-corrected chi connectivity index (χ0v) is 9.74. The summed E-state index contributed by atoms with van der Waals surface area (Å²) in [4.78, 5) is 13.4. The van der Waals surface area contributed by atoms with E-state index < -0.39 is 0 Å². The number of aryl methyl sites for hydroxylation is 2. The molecule has 0 fully saturated rings. The third-order valence-corrected chi connectivity index (χ3v) is 2.31. The summed E-state index contributed by atoms with van der Waals surface area (Å²) in [6, 6.07) is -0.0731. The van der Waals surface area contributed by atoms with E-state index in [0.29, 0.717) is 13.1 Å². The van der Waals surface area contributed by atoms with Crippen LogP contribution in [0.4, 0.5) is 10.5 Å². The van der Waals surface area contributed by atoms with Crippen LogP contribution >= 0.6 is 0 Å². The first kappa shape index (κ1) is 11.6. The van der Waals surface area contributed by atoms with Gasteiger partial charge in [0.25, 0.3) is 0 Å². The second-order valence-corrected chi connectivity index (χ2v) is 3.40. The maximum absolute atomic E-state index is 11.7. The summed E-state index contributed by atoms with van der Waals surface area (Å²) in [6.45, 7) is 7.21. The molecule has 2 amide bonds. The molecule has 84 valence electrons. The zero-order chi connectivity index (χ0) is 11.4. The lowest BCUT2D eigenvalue weighted by atomic mass is 10.4. The number of anilines is 1. The second kappa shape index (κ2) is 4.82. The highest BCUT2D eigenvalue weighted by atomic mass is 16.2. The van der Waals surface area contributed by atoms with Crippen LogP contribution < -0.4 is 5.32 Å². The van der Waals surface area contributed by atoms with Crippen LogP contribution in [0.2, 0.25) is 0 Å². The molecule has 0 aliphatic rings. The lowest BCUT2D eigenvalue weighted by molar-refractivity contribution is 0.217. The Hall–Kier alpha value is -1.52. The fourth-order valence-corrected chi connectivity index (χ4v) is 1.43. The second-order valence-electron chi connectivity index (χ2n) is 3.40. The van der Waals surface area contributed by atoms with Crippen molar-refractivity contribution >= 4 is 11.7 Å². The fraction of sp³-hybridized carbons (Fsp3) is 0.600. The minimum atomic E-state index is -0.0731. The van der Waals surface area contributed by atoms with Gasteiger partial charge in [0.05, 0.1) is 11.4 Å². The molecule has 1 N–H and O–H groups in total. The molecule has 0 aromatic carbocycles. The van der Waals surface area contributed by atoms with Crippen molar-refractivity contribution < 1.29 is 4.79 Å². The average Bonchev–Trinajstić information content (AvgIpc) is 2.47. The highest BCUT2D eigenvalue weighted by Crippen LogP contribution is 2.11. The molecule has 1 aromatic heterocycles. The largest absolute Gasteiger partial charge is 0.325 e. The Morgan fingerprint density at radius 2 is 2.13 bits per heavy atom. The Balaban J connectivity index is 2.69. The van der Waals surface area contributed by atoms with Crippen molar-refractivity contribution in [2.24, 2.45) is 7.05 Å². The summed E-state index contributed by atoms with van der Waals surface area (Å²) in [6.07, 6.45) is 1.80. The van der Waals surface area contributed by atoms with Gasteiger partial charge in [0.15, 0.2) is 0 Å². The molecule has 0 unspecified atom stereocenters. The smallest absolute Gasteiger partial charge is 0.321 e. The Morgan fingerprint density at radius 1 is 1.53 bits per heavy atom. The van der Waals surface area contributed by atoms with Crippen LogP contribution in [-0.2, 0) is 7.05 Å². The molecule has 15 heavy (non-hydrogen) atoms. The molecule has 1 rings (SSSR count). The SMILES string of the molecule is CCN(CC)C(=O)Nc1cn(C)nc1C. The van der Waals surface area contributed by atoms with E-state index in [1.165, 1.54) is 0 Å². The minimum absolute atomic E-state index is 0.0731. The summed E-state index contributed by atoms with van der Waals surface area (Å²) in [7, 11) is 1.83. The zero-order valence-electron chi connectivity index (χ0n) is 9.74. The monoisotopic (exact) mass is 210 g/mol. The molecular weight excluding hydrogens is 192 g/mol. The number of aromatic nitrogens is 2. The van der Waals surface area contributed by atoms with Gasteiger partial charge >= 0.3 is 6.03 Å². The summed E-state index contributed by atoms with van der Waals surface area (Å²) in [5, 5.41) is 7.00. The van der Waals surface area contributed by atoms with E-state index >= 15 is 0 Å². The lowest BCUT2D eigenvalue weighted by Crippen LogP contribution is -2.34. The van der Waals surface area contributed by atoms with Gasteiger partial charge in [0, 0.05) is 26.3 Å². The first-order valence-corrected chi connectivity index (χ1v) is 5.14. The van der Waals surface area contributed by atoms with Crippen LogP contribution in [0, 0.1) is 6.92 Å². The van der Waals surface area contributed by atoms with Crippen molar-refractivity contribution in [3.63, 3.8) is 0 Å². The van der Waals surface area contributed by atoms with Crippen molar-refractivity contribution in [3.8, 4) is 0 Å². The van der Waals surface area contributed by atoms with E-state index in [-0.39, 0.29) is 6.03 Å². The average molecular weight is 210 g/mol. The molecular formula is C10H18N4O. The number of hydrogen-bond donors (Lipinski definition) is 1. The van der Waals surface area contributed by atoms with Gasteiger partial charge < -0.3 is 10.2 Å². The highest BCUT2D eigenvalue weighted by molar-refractivity contribution is 5.89. The third-order valence-electron chi connectivity index (χ3n) is 2.31. The highest BCUT2D eigenvalue weighted by Gasteiger charge is 2.11. The number of carbonyl (C=O) groups excluding carboxylic acids is 1. The summed E-state index contributed by atoms with van der Waals surface area (Å²) < 4.78 is 1.69. The van der Waals surface area contributed by atoms with Crippen LogP contribution in [0.15, 0.2) is 6.20 Å². The van der Waals surface area contributed by atoms with Crippen LogP contribution in [0.1, 0.15) is 19.5 Å². The number of rotatable bonds is 3. The maximum Gasteiger partial charge on any atom is 0.321 e. The summed E-state index contributed by atoms with van der Waals surface area (Å²) in [5.41, 5.74) is 1.60. The van der Waals surface area contributed by atoms with Crippen molar-refractivity contribution in [2.75, 3.05) is 18.4 Å². The van der Waals surface area contributed by atoms with Crippen LogP contribution in [0.3, 0.4) is 0 Å². The summed E-state index contributed by atoms with van der Waals surface area (Å²) in [5.74, 6) is 0. The quantitative estimate of drug-likeness (QED) is 0.823. The molecule has 0 bridgehead atoms. The first-order valence-electron chi connectivity index (χ1n) is 5.14. The van der Waals surface area contributed by atoms with Gasteiger partial charge in [-0.3, -0.25) is 4.68 Å². The van der Waals surface area contributed by atoms with Gasteiger partial charge in [0.1, 0.15) is 0 Å². The van der Waals surface area contributed by atoms with Gasteiger partial charge in [-0.2, -0.15) is 5.10 Å². The molecule has 0 aliphatic heterocycles. The van der Waals surface area contributed by atoms with E-state index in [9.17, 15) is 4.79 Å². The molecule has 0 radical (unpaired) electrons. The van der Waals surface area contributed by atoms with Gasteiger partial charge in [-0.15, -0.1) is 0 Å². The molecule has 0 saturated heterocycles. The number of hydrogen-bond acceptors (Lipinski definition) is 2. The molecule has 5 nitrogen and oxygen atoms in total. The predicted octanol–water partition coefficient (Wildman–Crippen LogP) is 1.60. The number of carbonyl (C=O) groups is 1. The number of urea groups is 1. The summed E-state index contributed by atoms with van der Waals surface area (Å²) >= 11 is 0. The van der Waals surface area contributed by atoms with Gasteiger partial charge in [-0.05, 0) is 20.8 Å². The number of nitrogens with zero attached hydrogens (tertiary/aromatic N) is 3. The van der Waals surface area contributed by atoms with Gasteiger partial charge in [-0.25, -0.2) is 4.79 Å². The molecule has 0 aliphatic carbocycles. The lowest BCUT2D eigenvalue weighted by Gasteiger charge is -2.18. The van der Waals surface area contributed by atoms with Gasteiger partial charge in [-0.1, -0.05) is 0 Å². The first-order chi connectivity index (χ1) is 7.08. The van der Waals surface area contributed by atoms with Crippen LogP contribution in [0.25, 0.3) is 0 Å². The molecule has 0 atom stereocenters. The van der Waals surface area contributed by atoms with E-state index in [1.54, 1.807) is 15.8 Å². The molecule has 1 heterocycles. The number of nitrogens with one attached hydrogen (secondary N) is 1. The van der Waals surface area contributed by atoms with E-state index in [2.05, 4.69) is 10.4 Å². The van der Waals surface area contributed by atoms with Crippen molar-refractivity contribution in [1.82, 2.24) is 14.7 Å². The van der Waals surface area contributed by atoms with E-state index in [1.807, 2.05) is 27.8 Å². The van der Waals surface area contributed by atoms with E-state index in [4.69, 9.17) is 0 Å². The normalized spacial score (nSPS) is 10.1. The maximum atomic E-state index is 11.7. The van der Waals surface area contributed by atoms with Crippen molar-refractivity contribution in [3.05, 3.63) is 11.9 Å². The minimum Gasteiger partial charge on any atom is -0.325 e.